The van der Waals surface area contributed by atoms with E-state index in [2.05, 4.69) is 37.6 Å². The van der Waals surface area contributed by atoms with E-state index in [-0.39, 0.29) is 0 Å². The summed E-state index contributed by atoms with van der Waals surface area (Å²) in [6, 6.07) is 0. The number of hydrogen-bond donors (Lipinski definition) is 0. The Morgan fingerprint density at radius 1 is 1.36 bits per heavy atom. The number of nitrogens with zero attached hydrogens (tertiary/aromatic N) is 3. The van der Waals surface area contributed by atoms with Gasteiger partial charge >= 0.3 is 0 Å². The van der Waals surface area contributed by atoms with Gasteiger partial charge in [-0.15, -0.1) is 10.2 Å². The summed E-state index contributed by atoms with van der Waals surface area (Å²) in [5.74, 6) is 3.10. The fourth-order valence-electron chi connectivity index (χ4n) is 1.94. The molecule has 0 bridgehead atoms. The maximum atomic E-state index is 4.26. The largest absolute Gasteiger partial charge is 0.315 e. The third-order valence-corrected chi connectivity index (χ3v) is 3.54. The molecule has 0 spiro atoms. The van der Waals surface area contributed by atoms with Crippen LogP contribution in [0.3, 0.4) is 0 Å². The van der Waals surface area contributed by atoms with Crippen LogP contribution in [0.5, 0.6) is 0 Å². The van der Waals surface area contributed by atoms with E-state index in [4.69, 9.17) is 0 Å². The van der Waals surface area contributed by atoms with Crippen LogP contribution in [0.15, 0.2) is 0 Å². The predicted octanol–water partition coefficient (Wildman–Crippen LogP) is 2.54. The van der Waals surface area contributed by atoms with Gasteiger partial charge in [-0.25, -0.2) is 0 Å². The molecule has 1 fully saturated rings. The van der Waals surface area contributed by atoms with E-state index in [0.717, 1.165) is 30.0 Å². The monoisotopic (exact) mass is 257 g/mol. The van der Waals surface area contributed by atoms with Gasteiger partial charge in [-0.2, -0.15) is 0 Å². The van der Waals surface area contributed by atoms with E-state index in [1.165, 1.54) is 25.1 Å². The molecule has 1 aliphatic rings. The van der Waals surface area contributed by atoms with Crippen LogP contribution in [0, 0.1) is 5.92 Å². The highest BCUT2D eigenvalue weighted by Gasteiger charge is 2.21. The summed E-state index contributed by atoms with van der Waals surface area (Å²) >= 11 is 3.44. The second kappa shape index (κ2) is 4.43. The van der Waals surface area contributed by atoms with Crippen LogP contribution in [0.1, 0.15) is 37.8 Å². The first-order chi connectivity index (χ1) is 6.85. The molecular formula is C10H16BrN3. The first kappa shape index (κ1) is 10.1. The number of rotatable bonds is 4. The lowest BCUT2D eigenvalue weighted by atomic mass is 9.83. The Balaban J connectivity index is 2.10. The molecule has 78 valence electrons. The fourth-order valence-corrected chi connectivity index (χ4v) is 2.36. The zero-order chi connectivity index (χ0) is 9.97. The van der Waals surface area contributed by atoms with Crippen molar-refractivity contribution in [2.24, 2.45) is 5.92 Å². The van der Waals surface area contributed by atoms with Gasteiger partial charge in [-0.3, -0.25) is 0 Å². The molecule has 0 atom stereocenters. The minimum absolute atomic E-state index is 0.804. The van der Waals surface area contributed by atoms with Crippen LogP contribution in [-0.4, -0.2) is 14.8 Å². The second-order valence-corrected chi connectivity index (χ2v) is 4.47. The van der Waals surface area contributed by atoms with E-state index < -0.39 is 0 Å². The standard InChI is InChI=1S/C10H16BrN3/c1-2-14-9(6-8-4-3-5-8)12-13-10(14)7-11/h8H,2-7H2,1H3. The fraction of sp³-hybridized carbons (Fsp3) is 0.800. The van der Waals surface area contributed by atoms with Gasteiger partial charge in [-0.1, -0.05) is 35.2 Å². The Hall–Kier alpha value is -0.380. The molecule has 1 aromatic heterocycles. The van der Waals surface area contributed by atoms with E-state index >= 15 is 0 Å². The Kier molecular flexibility index (Phi) is 3.21. The van der Waals surface area contributed by atoms with Crippen LogP contribution in [0.25, 0.3) is 0 Å². The Morgan fingerprint density at radius 2 is 2.07 bits per heavy atom. The van der Waals surface area contributed by atoms with Crippen LogP contribution in [0.2, 0.25) is 0 Å². The normalized spacial score (nSPS) is 17.0. The highest BCUT2D eigenvalue weighted by atomic mass is 79.9. The van der Waals surface area contributed by atoms with Crippen molar-refractivity contribution >= 4 is 15.9 Å². The zero-order valence-electron chi connectivity index (χ0n) is 8.54. The molecule has 0 unspecified atom stereocenters. The van der Waals surface area contributed by atoms with Gasteiger partial charge < -0.3 is 4.57 Å². The zero-order valence-corrected chi connectivity index (χ0v) is 10.1. The van der Waals surface area contributed by atoms with Crippen LogP contribution < -0.4 is 0 Å². The predicted molar refractivity (Wildman–Crippen MR) is 59.4 cm³/mol. The molecular weight excluding hydrogens is 242 g/mol. The van der Waals surface area contributed by atoms with Crippen molar-refractivity contribution in [3.8, 4) is 0 Å². The van der Waals surface area contributed by atoms with E-state index in [1.54, 1.807) is 0 Å². The highest BCUT2D eigenvalue weighted by Crippen LogP contribution is 2.29. The maximum Gasteiger partial charge on any atom is 0.143 e. The Morgan fingerprint density at radius 3 is 2.57 bits per heavy atom. The molecule has 1 saturated carbocycles. The first-order valence-corrected chi connectivity index (χ1v) is 6.44. The molecule has 1 heterocycles. The van der Waals surface area contributed by atoms with Gasteiger partial charge in [0.2, 0.25) is 0 Å². The lowest BCUT2D eigenvalue weighted by Crippen LogP contribution is -2.17. The summed E-state index contributed by atoms with van der Waals surface area (Å²) in [4.78, 5) is 0. The van der Waals surface area contributed by atoms with Crippen molar-refractivity contribution in [2.75, 3.05) is 0 Å². The molecule has 0 radical (unpaired) electrons. The van der Waals surface area contributed by atoms with Crippen LogP contribution in [-0.2, 0) is 18.3 Å². The number of aromatic nitrogens is 3. The van der Waals surface area contributed by atoms with Gasteiger partial charge in [0.25, 0.3) is 0 Å². The summed E-state index contributed by atoms with van der Waals surface area (Å²) in [5, 5.41) is 9.25. The molecule has 0 N–H and O–H groups in total. The van der Waals surface area contributed by atoms with Crippen molar-refractivity contribution in [1.29, 1.82) is 0 Å². The van der Waals surface area contributed by atoms with Crippen LogP contribution >= 0.6 is 15.9 Å². The smallest absolute Gasteiger partial charge is 0.143 e. The Bertz CT molecular complexity index is 304. The summed E-state index contributed by atoms with van der Waals surface area (Å²) in [6.45, 7) is 3.13. The average Bonchev–Trinajstić information content (AvgIpc) is 2.53. The van der Waals surface area contributed by atoms with Crippen LogP contribution in [0.4, 0.5) is 0 Å². The molecule has 0 saturated heterocycles. The minimum atomic E-state index is 0.804. The number of hydrogen-bond acceptors (Lipinski definition) is 2. The molecule has 4 heteroatoms. The van der Waals surface area contributed by atoms with Crippen molar-refractivity contribution in [1.82, 2.24) is 14.8 Å². The maximum absolute atomic E-state index is 4.26. The van der Waals surface area contributed by atoms with E-state index in [0.29, 0.717) is 0 Å². The average molecular weight is 258 g/mol. The number of halogens is 1. The van der Waals surface area contributed by atoms with Crippen molar-refractivity contribution in [3.05, 3.63) is 11.6 Å². The van der Waals surface area contributed by atoms with Crippen molar-refractivity contribution in [3.63, 3.8) is 0 Å². The summed E-state index contributed by atoms with van der Waals surface area (Å²) < 4.78 is 2.23. The molecule has 0 aliphatic heterocycles. The molecule has 14 heavy (non-hydrogen) atoms. The van der Waals surface area contributed by atoms with Crippen molar-refractivity contribution in [2.45, 2.75) is 44.5 Å². The highest BCUT2D eigenvalue weighted by molar-refractivity contribution is 9.08. The van der Waals surface area contributed by atoms with E-state index in [9.17, 15) is 0 Å². The Labute approximate surface area is 93.0 Å². The molecule has 1 aliphatic carbocycles. The molecule has 0 amide bonds. The first-order valence-electron chi connectivity index (χ1n) is 5.32. The van der Waals surface area contributed by atoms with Gasteiger partial charge in [-0.05, 0) is 12.8 Å². The van der Waals surface area contributed by atoms with Gasteiger partial charge in [0.1, 0.15) is 11.6 Å². The summed E-state index contributed by atoms with van der Waals surface area (Å²) in [5.41, 5.74) is 0. The molecule has 2 rings (SSSR count). The van der Waals surface area contributed by atoms with Gasteiger partial charge in [0.05, 0.1) is 5.33 Å². The molecule has 3 nitrogen and oxygen atoms in total. The topological polar surface area (TPSA) is 30.7 Å². The van der Waals surface area contributed by atoms with Gasteiger partial charge in [0, 0.05) is 13.0 Å². The molecule has 1 aromatic rings. The minimum Gasteiger partial charge on any atom is -0.315 e. The van der Waals surface area contributed by atoms with E-state index in [1.807, 2.05) is 0 Å². The third kappa shape index (κ3) is 1.85. The number of alkyl halides is 1. The molecule has 0 aromatic carbocycles. The second-order valence-electron chi connectivity index (χ2n) is 3.91. The lowest BCUT2D eigenvalue weighted by molar-refractivity contribution is 0.305. The summed E-state index contributed by atoms with van der Waals surface area (Å²) in [7, 11) is 0. The SMILES string of the molecule is CCn1c(CBr)nnc1CC1CCC1. The lowest BCUT2D eigenvalue weighted by Gasteiger charge is -2.24. The van der Waals surface area contributed by atoms with Crippen molar-refractivity contribution < 1.29 is 0 Å². The quantitative estimate of drug-likeness (QED) is 0.777. The third-order valence-electron chi connectivity index (χ3n) is 3.04. The summed E-state index contributed by atoms with van der Waals surface area (Å²) in [6.07, 6.45) is 5.27. The van der Waals surface area contributed by atoms with Gasteiger partial charge in [0.15, 0.2) is 0 Å².